The van der Waals surface area contributed by atoms with E-state index in [1.165, 1.54) is 46.2 Å². The number of ether oxygens (including phenoxy) is 1. The number of amides is 2. The maximum Gasteiger partial charge on any atom is 0.282 e. The number of hydrogen-bond donors (Lipinski definition) is 6. The van der Waals surface area contributed by atoms with Gasteiger partial charge in [0, 0.05) is 26.9 Å². The average molecular weight is 477 g/mol. The van der Waals surface area contributed by atoms with Gasteiger partial charge in [-0.15, -0.1) is 0 Å². The highest BCUT2D eigenvalue weighted by Crippen LogP contribution is 2.31. The van der Waals surface area contributed by atoms with E-state index < -0.39 is 55.2 Å². The molecule has 6 atom stereocenters. The second-order valence-electron chi connectivity index (χ2n) is 9.25. The SMILES string of the molecule is CCCCCCCCCCCC(=O)N[C@H]1[C@H]([C@H](O)[C@H](O)CO)OC(O)(C(=O)N(C)C)C[C@@H]1O. The number of unbranched alkanes of at least 4 members (excludes halogenated alkanes) is 8. The van der Waals surface area contributed by atoms with E-state index in [-0.39, 0.29) is 12.3 Å². The summed E-state index contributed by atoms with van der Waals surface area (Å²) in [5.74, 6) is -3.66. The van der Waals surface area contributed by atoms with Crippen LogP contribution in [-0.4, -0.2) is 99.2 Å². The minimum atomic E-state index is -2.44. The van der Waals surface area contributed by atoms with Gasteiger partial charge in [-0.3, -0.25) is 9.59 Å². The van der Waals surface area contributed by atoms with Crippen molar-refractivity contribution in [3.63, 3.8) is 0 Å². The van der Waals surface area contributed by atoms with E-state index >= 15 is 0 Å². The highest BCUT2D eigenvalue weighted by molar-refractivity contribution is 5.83. The first-order chi connectivity index (χ1) is 15.6. The lowest BCUT2D eigenvalue weighted by Gasteiger charge is -2.46. The van der Waals surface area contributed by atoms with Crippen LogP contribution >= 0.6 is 0 Å². The Labute approximate surface area is 196 Å². The number of rotatable bonds is 15. The van der Waals surface area contributed by atoms with Crippen molar-refractivity contribution < 1.29 is 39.9 Å². The molecule has 1 fully saturated rings. The lowest BCUT2D eigenvalue weighted by Crippen LogP contribution is -2.68. The van der Waals surface area contributed by atoms with Gasteiger partial charge >= 0.3 is 0 Å². The monoisotopic (exact) mass is 476 g/mol. The predicted molar refractivity (Wildman–Crippen MR) is 122 cm³/mol. The van der Waals surface area contributed by atoms with E-state index in [1.807, 2.05) is 0 Å². The first kappa shape index (κ1) is 29.7. The van der Waals surface area contributed by atoms with Gasteiger partial charge in [0.15, 0.2) is 0 Å². The predicted octanol–water partition coefficient (Wildman–Crippen LogP) is 0.0328. The summed E-state index contributed by atoms with van der Waals surface area (Å²) in [4.78, 5) is 25.9. The molecule has 1 heterocycles. The quantitative estimate of drug-likeness (QED) is 0.181. The minimum Gasteiger partial charge on any atom is -0.394 e. The summed E-state index contributed by atoms with van der Waals surface area (Å²) in [6, 6.07) is -1.18. The lowest BCUT2D eigenvalue weighted by molar-refractivity contribution is -0.290. The normalized spacial score (nSPS) is 27.1. The molecule has 10 nitrogen and oxygen atoms in total. The zero-order valence-corrected chi connectivity index (χ0v) is 20.3. The number of hydrogen-bond acceptors (Lipinski definition) is 8. The Morgan fingerprint density at radius 2 is 1.61 bits per heavy atom. The summed E-state index contributed by atoms with van der Waals surface area (Å²) in [5.41, 5.74) is 0. The van der Waals surface area contributed by atoms with Crippen LogP contribution in [0.5, 0.6) is 0 Å². The van der Waals surface area contributed by atoms with Gasteiger partial charge in [-0.25, -0.2) is 0 Å². The van der Waals surface area contributed by atoms with Crippen molar-refractivity contribution in [3.05, 3.63) is 0 Å². The maximum atomic E-state index is 12.5. The molecular formula is C23H44N2O8. The van der Waals surface area contributed by atoms with Crippen molar-refractivity contribution in [1.29, 1.82) is 0 Å². The molecule has 0 aromatic heterocycles. The van der Waals surface area contributed by atoms with Crippen molar-refractivity contribution >= 4 is 11.8 Å². The average Bonchev–Trinajstić information content (AvgIpc) is 2.77. The number of aliphatic hydroxyl groups excluding tert-OH is 4. The third kappa shape index (κ3) is 9.46. The molecular weight excluding hydrogens is 432 g/mol. The fourth-order valence-electron chi connectivity index (χ4n) is 4.10. The van der Waals surface area contributed by atoms with E-state index in [4.69, 9.17) is 4.74 Å². The smallest absolute Gasteiger partial charge is 0.282 e. The van der Waals surface area contributed by atoms with Gasteiger partial charge < -0.3 is 40.5 Å². The highest BCUT2D eigenvalue weighted by Gasteiger charge is 2.54. The molecule has 1 unspecified atom stereocenters. The zero-order chi connectivity index (χ0) is 25.0. The molecule has 0 aliphatic carbocycles. The Kier molecular flexibility index (Phi) is 13.4. The number of carbonyl (C=O) groups excluding carboxylic acids is 2. The number of aliphatic hydroxyl groups is 5. The number of nitrogens with zero attached hydrogens (tertiary/aromatic N) is 1. The molecule has 1 saturated heterocycles. The van der Waals surface area contributed by atoms with E-state index in [1.54, 1.807) is 0 Å². The standard InChI is InChI=1S/C23H44N2O8/c1-4-5-6-7-8-9-10-11-12-13-18(29)24-19-16(27)14-23(32,22(31)25(2)3)33-21(19)20(30)17(28)15-26/h16-17,19-21,26-28,30,32H,4-15H2,1-3H3,(H,24,29)/t16-,17+,19+,20+,21+,23?/m0/s1. The molecule has 2 amide bonds. The van der Waals surface area contributed by atoms with Gasteiger partial charge in [0.2, 0.25) is 11.7 Å². The molecule has 0 saturated carbocycles. The molecule has 6 N–H and O–H groups in total. The highest BCUT2D eigenvalue weighted by atomic mass is 16.6. The Bertz CT molecular complexity index is 591. The van der Waals surface area contributed by atoms with Crippen molar-refractivity contribution in [3.8, 4) is 0 Å². The molecule has 0 aromatic rings. The molecule has 1 aliphatic heterocycles. The third-order valence-electron chi connectivity index (χ3n) is 6.08. The fourth-order valence-corrected chi connectivity index (χ4v) is 4.10. The van der Waals surface area contributed by atoms with Crippen LogP contribution in [0.2, 0.25) is 0 Å². The van der Waals surface area contributed by atoms with Gasteiger partial charge in [-0.1, -0.05) is 58.3 Å². The molecule has 10 heteroatoms. The van der Waals surface area contributed by atoms with Crippen molar-refractivity contribution in [2.45, 2.75) is 114 Å². The van der Waals surface area contributed by atoms with Crippen molar-refractivity contribution in [2.75, 3.05) is 20.7 Å². The summed E-state index contributed by atoms with van der Waals surface area (Å²) < 4.78 is 5.43. The molecule has 0 aromatic carbocycles. The van der Waals surface area contributed by atoms with Crippen LogP contribution in [0, 0.1) is 0 Å². The largest absolute Gasteiger partial charge is 0.394 e. The van der Waals surface area contributed by atoms with Crippen LogP contribution in [-0.2, 0) is 14.3 Å². The second kappa shape index (κ2) is 14.9. The van der Waals surface area contributed by atoms with E-state index in [0.717, 1.165) is 24.2 Å². The maximum absolute atomic E-state index is 12.5. The Morgan fingerprint density at radius 1 is 1.06 bits per heavy atom. The molecule has 0 spiro atoms. The van der Waals surface area contributed by atoms with Crippen LogP contribution < -0.4 is 5.32 Å². The molecule has 194 valence electrons. The van der Waals surface area contributed by atoms with Crippen LogP contribution in [0.25, 0.3) is 0 Å². The minimum absolute atomic E-state index is 0.214. The fraction of sp³-hybridized carbons (Fsp3) is 0.913. The van der Waals surface area contributed by atoms with E-state index in [9.17, 15) is 35.1 Å². The summed E-state index contributed by atoms with van der Waals surface area (Å²) in [5, 5.41) is 53.4. The number of carbonyl (C=O) groups is 2. The van der Waals surface area contributed by atoms with Gasteiger partial charge in [-0.2, -0.15) is 0 Å². The molecule has 1 aliphatic rings. The Morgan fingerprint density at radius 3 is 2.12 bits per heavy atom. The van der Waals surface area contributed by atoms with Crippen LogP contribution in [0.4, 0.5) is 0 Å². The van der Waals surface area contributed by atoms with Gasteiger partial charge in [-0.05, 0) is 6.42 Å². The Hall–Kier alpha value is -1.30. The second-order valence-corrected chi connectivity index (χ2v) is 9.25. The van der Waals surface area contributed by atoms with Crippen molar-refractivity contribution in [2.24, 2.45) is 0 Å². The summed E-state index contributed by atoms with van der Waals surface area (Å²) in [6.07, 6.45) is 3.25. The van der Waals surface area contributed by atoms with E-state index in [0.29, 0.717) is 6.42 Å². The molecule has 0 radical (unpaired) electrons. The van der Waals surface area contributed by atoms with Gasteiger partial charge in [0.25, 0.3) is 5.91 Å². The number of likely N-dealkylation sites (N-methyl/N-ethyl adjacent to an activating group) is 1. The third-order valence-corrected chi connectivity index (χ3v) is 6.08. The first-order valence-corrected chi connectivity index (χ1v) is 12.1. The van der Waals surface area contributed by atoms with Crippen LogP contribution in [0.1, 0.15) is 77.6 Å². The lowest BCUT2D eigenvalue weighted by atomic mass is 9.88. The van der Waals surface area contributed by atoms with Gasteiger partial charge in [0.05, 0.1) is 18.8 Å². The molecule has 0 bridgehead atoms. The number of nitrogens with one attached hydrogen (secondary N) is 1. The van der Waals surface area contributed by atoms with Crippen LogP contribution in [0.15, 0.2) is 0 Å². The van der Waals surface area contributed by atoms with Gasteiger partial charge in [0.1, 0.15) is 18.3 Å². The van der Waals surface area contributed by atoms with E-state index in [2.05, 4.69) is 12.2 Å². The topological polar surface area (TPSA) is 160 Å². The molecule has 33 heavy (non-hydrogen) atoms. The van der Waals surface area contributed by atoms with Crippen LogP contribution in [0.3, 0.4) is 0 Å². The molecule has 1 rings (SSSR count). The summed E-state index contributed by atoms with van der Waals surface area (Å²) in [6.45, 7) is 1.38. The summed E-state index contributed by atoms with van der Waals surface area (Å²) >= 11 is 0. The summed E-state index contributed by atoms with van der Waals surface area (Å²) in [7, 11) is 2.78. The van der Waals surface area contributed by atoms with Crippen molar-refractivity contribution in [1.82, 2.24) is 10.2 Å². The Balaban J connectivity index is 2.65. The zero-order valence-electron chi connectivity index (χ0n) is 20.3. The first-order valence-electron chi connectivity index (χ1n) is 12.1.